The van der Waals surface area contributed by atoms with Gasteiger partial charge in [-0.3, -0.25) is 4.79 Å². The average Bonchev–Trinajstić information content (AvgIpc) is 2.99. The Morgan fingerprint density at radius 3 is 3.04 bits per heavy atom. The third kappa shape index (κ3) is 3.48. The fraction of sp³-hybridized carbons (Fsp3) is 0.235. The van der Waals surface area contributed by atoms with E-state index in [-0.39, 0.29) is 5.91 Å². The lowest BCUT2D eigenvalue weighted by molar-refractivity contribution is 0.0948. The maximum absolute atomic E-state index is 12.1. The molecule has 2 aromatic heterocycles. The van der Waals surface area contributed by atoms with E-state index in [0.717, 1.165) is 11.9 Å². The van der Waals surface area contributed by atoms with Gasteiger partial charge in [0.2, 0.25) is 5.88 Å². The molecule has 0 aliphatic heterocycles. The van der Waals surface area contributed by atoms with Crippen LogP contribution < -0.4 is 10.1 Å². The van der Waals surface area contributed by atoms with Crippen LogP contribution in [0.3, 0.4) is 0 Å². The molecule has 0 fully saturated rings. The summed E-state index contributed by atoms with van der Waals surface area (Å²) in [5.74, 6) is 0.178. The zero-order valence-corrected chi connectivity index (χ0v) is 12.9. The first kappa shape index (κ1) is 15.0. The van der Waals surface area contributed by atoms with Crippen LogP contribution in [-0.2, 0) is 6.42 Å². The normalized spacial score (nSPS) is 10.7. The molecule has 0 saturated carbocycles. The Labute approximate surface area is 133 Å². The number of H-pyrrole nitrogens is 1. The minimum absolute atomic E-state index is 0.229. The monoisotopic (exact) mass is 310 g/mol. The molecule has 6 heteroatoms. The van der Waals surface area contributed by atoms with Gasteiger partial charge in [0.05, 0.1) is 6.61 Å². The van der Waals surface area contributed by atoms with E-state index in [0.29, 0.717) is 24.7 Å². The fourth-order valence-corrected chi connectivity index (χ4v) is 2.43. The highest BCUT2D eigenvalue weighted by atomic mass is 16.5. The lowest BCUT2D eigenvalue weighted by Crippen LogP contribution is -2.26. The second-order valence-corrected chi connectivity index (χ2v) is 5.04. The number of carbonyl (C=O) groups excluding carboxylic acids is 1. The van der Waals surface area contributed by atoms with Gasteiger partial charge in [0.25, 0.3) is 5.91 Å². The highest BCUT2D eigenvalue weighted by Gasteiger charge is 2.09. The topological polar surface area (TPSA) is 79.9 Å². The van der Waals surface area contributed by atoms with Crippen LogP contribution in [0.1, 0.15) is 23.0 Å². The minimum atomic E-state index is -0.229. The van der Waals surface area contributed by atoms with Gasteiger partial charge >= 0.3 is 0 Å². The maximum atomic E-state index is 12.1. The van der Waals surface area contributed by atoms with Gasteiger partial charge in [-0.25, -0.2) is 9.97 Å². The van der Waals surface area contributed by atoms with Crippen LogP contribution in [0, 0.1) is 0 Å². The number of aromatic amines is 1. The molecule has 0 aliphatic rings. The molecule has 0 unspecified atom stereocenters. The smallest absolute Gasteiger partial charge is 0.270 e. The lowest BCUT2D eigenvalue weighted by Gasteiger charge is -2.06. The summed E-state index contributed by atoms with van der Waals surface area (Å²) in [5, 5.41) is 4.06. The lowest BCUT2D eigenvalue weighted by atomic mass is 10.1. The number of hydrogen-bond acceptors (Lipinski definition) is 4. The average molecular weight is 310 g/mol. The number of amides is 1. The van der Waals surface area contributed by atoms with E-state index in [1.54, 1.807) is 6.07 Å². The zero-order valence-electron chi connectivity index (χ0n) is 12.9. The molecule has 1 aromatic carbocycles. The van der Waals surface area contributed by atoms with E-state index in [9.17, 15) is 4.79 Å². The van der Waals surface area contributed by atoms with Crippen molar-refractivity contribution in [2.75, 3.05) is 13.2 Å². The van der Waals surface area contributed by atoms with Gasteiger partial charge in [0.15, 0.2) is 0 Å². The fourth-order valence-electron chi connectivity index (χ4n) is 2.43. The van der Waals surface area contributed by atoms with Gasteiger partial charge in [0.1, 0.15) is 12.0 Å². The van der Waals surface area contributed by atoms with Gasteiger partial charge in [-0.1, -0.05) is 18.2 Å². The van der Waals surface area contributed by atoms with E-state index in [1.165, 1.54) is 17.3 Å². The second-order valence-electron chi connectivity index (χ2n) is 5.04. The Morgan fingerprint density at radius 2 is 2.17 bits per heavy atom. The second kappa shape index (κ2) is 6.91. The van der Waals surface area contributed by atoms with E-state index in [1.807, 2.05) is 31.3 Å². The molecule has 0 aliphatic carbocycles. The molecule has 1 amide bonds. The Balaban J connectivity index is 1.60. The summed E-state index contributed by atoms with van der Waals surface area (Å²) >= 11 is 0. The zero-order chi connectivity index (χ0) is 16.1. The van der Waals surface area contributed by atoms with E-state index < -0.39 is 0 Å². The molecule has 2 N–H and O–H groups in total. The third-order valence-electron chi connectivity index (χ3n) is 3.52. The predicted molar refractivity (Wildman–Crippen MR) is 87.5 cm³/mol. The Bertz CT molecular complexity index is 813. The molecular formula is C17H18N4O2. The number of rotatable bonds is 6. The van der Waals surface area contributed by atoms with Crippen LogP contribution in [0.5, 0.6) is 5.88 Å². The Hall–Kier alpha value is -2.89. The molecule has 0 spiro atoms. The van der Waals surface area contributed by atoms with Crippen LogP contribution in [0.2, 0.25) is 0 Å². The number of benzene rings is 1. The largest absolute Gasteiger partial charge is 0.478 e. The predicted octanol–water partition coefficient (Wildman–Crippen LogP) is 2.33. The van der Waals surface area contributed by atoms with Crippen molar-refractivity contribution in [2.45, 2.75) is 13.3 Å². The minimum Gasteiger partial charge on any atom is -0.478 e. The van der Waals surface area contributed by atoms with Crippen LogP contribution in [0.15, 0.2) is 42.9 Å². The summed E-state index contributed by atoms with van der Waals surface area (Å²) in [5.41, 5.74) is 2.59. The van der Waals surface area contributed by atoms with Crippen molar-refractivity contribution in [1.82, 2.24) is 20.3 Å². The summed E-state index contributed by atoms with van der Waals surface area (Å²) in [6.45, 7) is 2.90. The number of carbonyl (C=O) groups is 1. The number of aromatic nitrogens is 3. The molecule has 2 heterocycles. The van der Waals surface area contributed by atoms with Crippen LogP contribution in [-0.4, -0.2) is 34.0 Å². The number of nitrogens with zero attached hydrogens (tertiary/aromatic N) is 2. The standard InChI is InChI=1S/C17H18N4O2/c1-2-23-16-9-15(20-11-21-16)17(22)18-8-7-12-10-19-14-6-4-3-5-13(12)14/h3-6,9-11,19H,2,7-8H2,1H3,(H,18,22). The Kier molecular flexibility index (Phi) is 4.52. The van der Waals surface area contributed by atoms with E-state index in [4.69, 9.17) is 4.74 Å². The maximum Gasteiger partial charge on any atom is 0.270 e. The number of hydrogen-bond donors (Lipinski definition) is 2. The van der Waals surface area contributed by atoms with Gasteiger partial charge in [-0.05, 0) is 25.0 Å². The Morgan fingerprint density at radius 1 is 1.30 bits per heavy atom. The highest BCUT2D eigenvalue weighted by molar-refractivity contribution is 5.92. The van der Waals surface area contributed by atoms with Crippen LogP contribution in [0.4, 0.5) is 0 Å². The van der Waals surface area contributed by atoms with Gasteiger partial charge in [-0.2, -0.15) is 0 Å². The molecule has 6 nitrogen and oxygen atoms in total. The van der Waals surface area contributed by atoms with Gasteiger partial charge in [-0.15, -0.1) is 0 Å². The molecule has 3 rings (SSSR count). The van der Waals surface area contributed by atoms with Crippen LogP contribution in [0.25, 0.3) is 10.9 Å². The molecule has 0 atom stereocenters. The molecule has 0 radical (unpaired) electrons. The summed E-state index contributed by atoms with van der Waals surface area (Å²) < 4.78 is 5.27. The molecule has 0 saturated heterocycles. The third-order valence-corrected chi connectivity index (χ3v) is 3.52. The first-order valence-corrected chi connectivity index (χ1v) is 7.56. The summed E-state index contributed by atoms with van der Waals surface area (Å²) in [4.78, 5) is 23.3. The quantitative estimate of drug-likeness (QED) is 0.732. The van der Waals surface area contributed by atoms with E-state index in [2.05, 4.69) is 26.3 Å². The van der Waals surface area contributed by atoms with E-state index >= 15 is 0 Å². The first-order chi connectivity index (χ1) is 11.3. The van der Waals surface area contributed by atoms with Gasteiger partial charge in [0, 0.05) is 29.7 Å². The molecule has 118 valence electrons. The number of fused-ring (bicyclic) bond motifs is 1. The molecular weight excluding hydrogens is 292 g/mol. The van der Waals surface area contributed by atoms with Crippen molar-refractivity contribution < 1.29 is 9.53 Å². The number of nitrogens with one attached hydrogen (secondary N) is 2. The molecule has 0 bridgehead atoms. The molecule has 23 heavy (non-hydrogen) atoms. The van der Waals surface area contributed by atoms with Crippen molar-refractivity contribution in [3.8, 4) is 5.88 Å². The highest BCUT2D eigenvalue weighted by Crippen LogP contribution is 2.17. The molecule has 3 aromatic rings. The van der Waals surface area contributed by atoms with Gasteiger partial charge < -0.3 is 15.0 Å². The summed E-state index contributed by atoms with van der Waals surface area (Å²) in [7, 11) is 0. The van der Waals surface area contributed by atoms with Crippen molar-refractivity contribution >= 4 is 16.8 Å². The summed E-state index contributed by atoms with van der Waals surface area (Å²) in [6.07, 6.45) is 4.06. The number of ether oxygens (including phenoxy) is 1. The van der Waals surface area contributed by atoms with Crippen molar-refractivity contribution in [3.05, 3.63) is 54.1 Å². The van der Waals surface area contributed by atoms with Crippen molar-refractivity contribution in [1.29, 1.82) is 0 Å². The first-order valence-electron chi connectivity index (χ1n) is 7.56. The van der Waals surface area contributed by atoms with Crippen molar-refractivity contribution in [2.24, 2.45) is 0 Å². The summed E-state index contributed by atoms with van der Waals surface area (Å²) in [6, 6.07) is 9.66. The van der Waals surface area contributed by atoms with Crippen molar-refractivity contribution in [3.63, 3.8) is 0 Å². The van der Waals surface area contributed by atoms with Crippen LogP contribution >= 0.6 is 0 Å². The SMILES string of the molecule is CCOc1cc(C(=O)NCCc2c[nH]c3ccccc23)ncn1. The number of para-hydroxylation sites is 1.